The van der Waals surface area contributed by atoms with E-state index in [1.54, 1.807) is 0 Å². The Hall–Kier alpha value is -1.35. The Labute approximate surface area is 95.6 Å². The average Bonchev–Trinajstić information content (AvgIpc) is 2.26. The third-order valence-electron chi connectivity index (χ3n) is 3.21. The zero-order valence-corrected chi connectivity index (χ0v) is 9.48. The fourth-order valence-electron chi connectivity index (χ4n) is 2.38. The molecule has 1 aliphatic rings. The number of nitrogens with two attached hydrogens (primary N) is 1. The Morgan fingerprint density at radius 3 is 2.56 bits per heavy atom. The molecule has 0 radical (unpaired) electrons. The van der Waals surface area contributed by atoms with Crippen LogP contribution in [0, 0.1) is 0 Å². The van der Waals surface area contributed by atoms with Crippen molar-refractivity contribution < 1.29 is 9.53 Å². The molecule has 1 saturated carbocycles. The molecule has 0 aromatic heterocycles. The van der Waals surface area contributed by atoms with Crippen LogP contribution < -0.4 is 5.73 Å². The summed E-state index contributed by atoms with van der Waals surface area (Å²) in [6.45, 7) is 2.25. The molecule has 1 aliphatic carbocycles. The molecule has 0 bridgehead atoms. The lowest BCUT2D eigenvalue weighted by atomic mass is 9.62. The maximum atomic E-state index is 12.0. The molecule has 0 amide bonds. The van der Waals surface area contributed by atoms with Crippen molar-refractivity contribution >= 4 is 5.97 Å². The maximum absolute atomic E-state index is 12.0. The van der Waals surface area contributed by atoms with Gasteiger partial charge in [0.25, 0.3) is 0 Å². The minimum absolute atomic E-state index is 0.115. The van der Waals surface area contributed by atoms with Gasteiger partial charge in [0.1, 0.15) is 0 Å². The van der Waals surface area contributed by atoms with E-state index >= 15 is 0 Å². The van der Waals surface area contributed by atoms with Gasteiger partial charge in [-0.05, 0) is 25.3 Å². The molecule has 2 rings (SSSR count). The standard InChI is InChI=1S/C13H17NO2/c1-2-16-12(15)13(8-11(14)9-13)10-6-4-3-5-7-10/h3-7,11H,2,8-9,14H2,1H3. The van der Waals surface area contributed by atoms with Crippen LogP contribution in [0.25, 0.3) is 0 Å². The van der Waals surface area contributed by atoms with Gasteiger partial charge in [-0.15, -0.1) is 0 Å². The number of carbonyl (C=O) groups excluding carboxylic acids is 1. The van der Waals surface area contributed by atoms with Gasteiger partial charge in [0, 0.05) is 6.04 Å². The highest BCUT2D eigenvalue weighted by molar-refractivity contribution is 5.84. The fraction of sp³-hybridized carbons (Fsp3) is 0.462. The zero-order valence-electron chi connectivity index (χ0n) is 9.48. The summed E-state index contributed by atoms with van der Waals surface area (Å²) in [7, 11) is 0. The highest BCUT2D eigenvalue weighted by Gasteiger charge is 2.51. The predicted molar refractivity (Wildman–Crippen MR) is 62.0 cm³/mol. The summed E-state index contributed by atoms with van der Waals surface area (Å²) in [5, 5.41) is 0. The van der Waals surface area contributed by atoms with Crippen molar-refractivity contribution in [1.29, 1.82) is 0 Å². The molecular formula is C13H17NO2. The van der Waals surface area contributed by atoms with Gasteiger partial charge in [-0.3, -0.25) is 4.79 Å². The summed E-state index contributed by atoms with van der Waals surface area (Å²) in [5.41, 5.74) is 6.35. The third-order valence-corrected chi connectivity index (χ3v) is 3.21. The van der Waals surface area contributed by atoms with Crippen LogP contribution in [0.1, 0.15) is 25.3 Å². The number of ether oxygens (including phenoxy) is 1. The van der Waals surface area contributed by atoms with Crippen LogP contribution in [-0.2, 0) is 14.9 Å². The first-order valence-corrected chi connectivity index (χ1v) is 5.67. The minimum Gasteiger partial charge on any atom is -0.465 e. The summed E-state index contributed by atoms with van der Waals surface area (Å²) in [5.74, 6) is -0.136. The van der Waals surface area contributed by atoms with E-state index < -0.39 is 5.41 Å². The van der Waals surface area contributed by atoms with E-state index in [-0.39, 0.29) is 12.0 Å². The smallest absolute Gasteiger partial charge is 0.316 e. The second-order valence-corrected chi connectivity index (χ2v) is 4.34. The molecule has 1 fully saturated rings. The number of rotatable bonds is 3. The normalized spacial score (nSPS) is 28.2. The summed E-state index contributed by atoms with van der Waals surface area (Å²) in [6, 6.07) is 9.90. The van der Waals surface area contributed by atoms with E-state index in [1.807, 2.05) is 37.3 Å². The van der Waals surface area contributed by atoms with Crippen LogP contribution in [0.3, 0.4) is 0 Å². The van der Waals surface area contributed by atoms with Gasteiger partial charge in [-0.25, -0.2) is 0 Å². The van der Waals surface area contributed by atoms with Crippen LogP contribution in [0.4, 0.5) is 0 Å². The lowest BCUT2D eigenvalue weighted by Crippen LogP contribution is -2.54. The van der Waals surface area contributed by atoms with Crippen LogP contribution in [0.5, 0.6) is 0 Å². The SMILES string of the molecule is CCOC(=O)C1(c2ccccc2)CC(N)C1. The highest BCUT2D eigenvalue weighted by Crippen LogP contribution is 2.43. The van der Waals surface area contributed by atoms with Gasteiger partial charge in [-0.1, -0.05) is 30.3 Å². The second-order valence-electron chi connectivity index (χ2n) is 4.34. The van der Waals surface area contributed by atoms with E-state index in [1.165, 1.54) is 0 Å². The number of benzene rings is 1. The Morgan fingerprint density at radius 2 is 2.06 bits per heavy atom. The Kier molecular flexibility index (Phi) is 2.97. The van der Waals surface area contributed by atoms with E-state index in [2.05, 4.69) is 0 Å². The van der Waals surface area contributed by atoms with E-state index in [9.17, 15) is 4.79 Å². The first-order chi connectivity index (χ1) is 7.69. The monoisotopic (exact) mass is 219 g/mol. The third kappa shape index (κ3) is 1.71. The largest absolute Gasteiger partial charge is 0.465 e. The molecule has 0 spiro atoms. The zero-order chi connectivity index (χ0) is 11.6. The van der Waals surface area contributed by atoms with Crippen molar-refractivity contribution in [3.8, 4) is 0 Å². The molecule has 2 N–H and O–H groups in total. The maximum Gasteiger partial charge on any atom is 0.316 e. The van der Waals surface area contributed by atoms with E-state index in [4.69, 9.17) is 10.5 Å². The fourth-order valence-corrected chi connectivity index (χ4v) is 2.38. The van der Waals surface area contributed by atoms with Crippen molar-refractivity contribution in [1.82, 2.24) is 0 Å². The Morgan fingerprint density at radius 1 is 1.44 bits per heavy atom. The predicted octanol–water partition coefficient (Wildman–Crippen LogP) is 1.61. The molecule has 1 aromatic rings. The number of hydrogen-bond donors (Lipinski definition) is 1. The summed E-state index contributed by atoms with van der Waals surface area (Å²) >= 11 is 0. The molecule has 3 heteroatoms. The lowest BCUT2D eigenvalue weighted by molar-refractivity contribution is -0.154. The van der Waals surface area contributed by atoms with Gasteiger partial charge in [0.15, 0.2) is 0 Å². The van der Waals surface area contributed by atoms with E-state index in [0.717, 1.165) is 5.56 Å². The molecule has 0 aliphatic heterocycles. The molecule has 1 aromatic carbocycles. The van der Waals surface area contributed by atoms with Gasteiger partial charge in [0.05, 0.1) is 12.0 Å². The van der Waals surface area contributed by atoms with Gasteiger partial charge in [0.2, 0.25) is 0 Å². The van der Waals surface area contributed by atoms with Crippen molar-refractivity contribution in [2.75, 3.05) is 6.61 Å². The quantitative estimate of drug-likeness (QED) is 0.786. The van der Waals surface area contributed by atoms with Gasteiger partial charge in [-0.2, -0.15) is 0 Å². The van der Waals surface area contributed by atoms with Crippen LogP contribution in [-0.4, -0.2) is 18.6 Å². The number of carbonyl (C=O) groups is 1. The highest BCUT2D eigenvalue weighted by atomic mass is 16.5. The van der Waals surface area contributed by atoms with Crippen molar-refractivity contribution in [2.45, 2.75) is 31.2 Å². The number of hydrogen-bond acceptors (Lipinski definition) is 3. The van der Waals surface area contributed by atoms with Gasteiger partial charge < -0.3 is 10.5 Å². The van der Waals surface area contributed by atoms with Crippen molar-refractivity contribution in [3.63, 3.8) is 0 Å². The van der Waals surface area contributed by atoms with E-state index in [0.29, 0.717) is 19.4 Å². The van der Waals surface area contributed by atoms with Crippen molar-refractivity contribution in [3.05, 3.63) is 35.9 Å². The molecule has 3 nitrogen and oxygen atoms in total. The molecule has 0 heterocycles. The van der Waals surface area contributed by atoms with Crippen LogP contribution in [0.15, 0.2) is 30.3 Å². The van der Waals surface area contributed by atoms with Crippen LogP contribution in [0.2, 0.25) is 0 Å². The molecule has 86 valence electrons. The molecular weight excluding hydrogens is 202 g/mol. The second kappa shape index (κ2) is 4.26. The Balaban J connectivity index is 2.27. The molecule has 16 heavy (non-hydrogen) atoms. The molecule has 0 saturated heterocycles. The topological polar surface area (TPSA) is 52.3 Å². The molecule has 0 atom stereocenters. The van der Waals surface area contributed by atoms with Gasteiger partial charge >= 0.3 is 5.97 Å². The Bertz CT molecular complexity index is 369. The number of esters is 1. The lowest BCUT2D eigenvalue weighted by Gasteiger charge is -2.44. The first-order valence-electron chi connectivity index (χ1n) is 5.67. The first kappa shape index (κ1) is 11.1. The summed E-state index contributed by atoms with van der Waals surface area (Å²) < 4.78 is 5.16. The van der Waals surface area contributed by atoms with Crippen LogP contribution >= 0.6 is 0 Å². The average molecular weight is 219 g/mol. The molecule has 0 unspecified atom stereocenters. The van der Waals surface area contributed by atoms with Crippen molar-refractivity contribution in [2.24, 2.45) is 5.73 Å². The minimum atomic E-state index is -0.489. The summed E-state index contributed by atoms with van der Waals surface area (Å²) in [4.78, 5) is 12.0. The summed E-state index contributed by atoms with van der Waals surface area (Å²) in [6.07, 6.45) is 1.38.